The molecule has 1 spiro atoms. The minimum Gasteiger partial charge on any atom is -0.396 e. The second-order valence-corrected chi connectivity index (χ2v) is 8.56. The van der Waals surface area contributed by atoms with E-state index in [1.165, 1.54) is 51.4 Å². The highest BCUT2D eigenvalue weighted by Crippen LogP contribution is 2.62. The summed E-state index contributed by atoms with van der Waals surface area (Å²) in [7, 11) is 1.87. The summed E-state index contributed by atoms with van der Waals surface area (Å²) in [6, 6.07) is 0.530. The van der Waals surface area contributed by atoms with Gasteiger partial charge in [-0.25, -0.2) is 0 Å². The quantitative estimate of drug-likeness (QED) is 0.333. The molecule has 0 aromatic rings. The number of nitrogens with one attached hydrogen (secondary N) is 2. The van der Waals surface area contributed by atoms with Gasteiger partial charge in [-0.15, -0.1) is 24.0 Å². The van der Waals surface area contributed by atoms with Gasteiger partial charge < -0.3 is 20.5 Å². The summed E-state index contributed by atoms with van der Waals surface area (Å²) >= 11 is 0. The maximum atomic E-state index is 9.43. The third-order valence-electron chi connectivity index (χ3n) is 7.49. The summed E-state index contributed by atoms with van der Waals surface area (Å²) in [6.07, 6.45) is 11.6. The number of guanidine groups is 1. The molecule has 144 valence electrons. The van der Waals surface area contributed by atoms with Crippen LogP contribution in [-0.4, -0.2) is 50.0 Å². The van der Waals surface area contributed by atoms with Crippen molar-refractivity contribution in [1.82, 2.24) is 10.6 Å². The first-order valence-electron chi connectivity index (χ1n) is 9.93. The molecule has 3 unspecified atom stereocenters. The van der Waals surface area contributed by atoms with Gasteiger partial charge in [-0.05, 0) is 43.9 Å². The zero-order valence-corrected chi connectivity index (χ0v) is 17.8. The predicted molar refractivity (Wildman–Crippen MR) is 110 cm³/mol. The number of ether oxygens (including phenoxy) is 1. The average molecular weight is 463 g/mol. The fraction of sp³-hybridized carbons (Fsp3) is 0.947. The van der Waals surface area contributed by atoms with Crippen molar-refractivity contribution in [1.29, 1.82) is 0 Å². The number of fused-ring (bicyclic) bond motifs is 2. The van der Waals surface area contributed by atoms with Crippen molar-refractivity contribution in [2.24, 2.45) is 21.7 Å². The molecule has 0 aromatic carbocycles. The van der Waals surface area contributed by atoms with Crippen LogP contribution >= 0.6 is 24.0 Å². The van der Waals surface area contributed by atoms with Crippen LogP contribution in [0, 0.1) is 16.7 Å². The van der Waals surface area contributed by atoms with Crippen LogP contribution < -0.4 is 10.6 Å². The van der Waals surface area contributed by atoms with E-state index in [4.69, 9.17) is 4.74 Å². The van der Waals surface area contributed by atoms with Crippen molar-refractivity contribution < 1.29 is 9.84 Å². The Bertz CT molecular complexity index is 489. The number of rotatable bonds is 5. The Balaban J connectivity index is 0.00000182. The minimum atomic E-state index is 0. The Kier molecular flexibility index (Phi) is 6.21. The van der Waals surface area contributed by atoms with Crippen LogP contribution in [0.1, 0.15) is 57.8 Å². The Morgan fingerprint density at radius 3 is 2.56 bits per heavy atom. The molecule has 4 fully saturated rings. The Labute approximate surface area is 168 Å². The number of aliphatic hydroxyl groups excluding tert-OH is 1. The summed E-state index contributed by atoms with van der Waals surface area (Å²) < 4.78 is 6.02. The molecule has 1 heterocycles. The molecule has 1 saturated heterocycles. The third-order valence-corrected chi connectivity index (χ3v) is 7.49. The van der Waals surface area contributed by atoms with E-state index in [2.05, 4.69) is 15.6 Å². The number of halogens is 1. The molecule has 0 radical (unpaired) electrons. The van der Waals surface area contributed by atoms with Crippen LogP contribution in [0.25, 0.3) is 0 Å². The molecule has 0 amide bonds. The number of nitrogens with zero attached hydrogens (tertiary/aromatic N) is 1. The molecule has 4 aliphatic rings. The normalized spacial score (nSPS) is 34.6. The lowest BCUT2D eigenvalue weighted by atomic mass is 9.46. The zero-order chi connectivity index (χ0) is 16.6. The summed E-state index contributed by atoms with van der Waals surface area (Å²) in [5, 5.41) is 16.8. The monoisotopic (exact) mass is 463 g/mol. The molecule has 4 rings (SSSR count). The van der Waals surface area contributed by atoms with Gasteiger partial charge in [0, 0.05) is 44.2 Å². The summed E-state index contributed by atoms with van der Waals surface area (Å²) in [5.74, 6) is 1.61. The van der Waals surface area contributed by atoms with Crippen molar-refractivity contribution in [2.75, 3.05) is 26.8 Å². The summed E-state index contributed by atoms with van der Waals surface area (Å²) in [4.78, 5) is 4.49. The Hall–Kier alpha value is -0.0800. The molecule has 0 aromatic heterocycles. The Morgan fingerprint density at radius 1 is 1.20 bits per heavy atom. The lowest BCUT2D eigenvalue weighted by Gasteiger charge is -2.63. The molecule has 5 nitrogen and oxygen atoms in total. The van der Waals surface area contributed by atoms with E-state index in [0.29, 0.717) is 30.1 Å². The molecule has 3 N–H and O–H groups in total. The van der Waals surface area contributed by atoms with E-state index < -0.39 is 0 Å². The third kappa shape index (κ3) is 3.31. The fourth-order valence-electron chi connectivity index (χ4n) is 5.95. The molecular formula is C19H34IN3O2. The first kappa shape index (κ1) is 19.7. The van der Waals surface area contributed by atoms with Crippen LogP contribution in [-0.2, 0) is 4.74 Å². The van der Waals surface area contributed by atoms with Gasteiger partial charge in [0.05, 0.1) is 6.10 Å². The Morgan fingerprint density at radius 2 is 1.96 bits per heavy atom. The molecule has 3 atom stereocenters. The number of hydrogen-bond donors (Lipinski definition) is 3. The molecule has 3 saturated carbocycles. The van der Waals surface area contributed by atoms with Crippen LogP contribution in [0.2, 0.25) is 0 Å². The van der Waals surface area contributed by atoms with Crippen LogP contribution in [0.4, 0.5) is 0 Å². The number of aliphatic hydroxyl groups is 1. The van der Waals surface area contributed by atoms with Crippen molar-refractivity contribution in [3.05, 3.63) is 0 Å². The van der Waals surface area contributed by atoms with Crippen LogP contribution in [0.3, 0.4) is 0 Å². The van der Waals surface area contributed by atoms with E-state index in [9.17, 15) is 5.11 Å². The average Bonchev–Trinajstić information content (AvgIpc) is 3.15. The first-order chi connectivity index (χ1) is 11.7. The lowest BCUT2D eigenvalue weighted by molar-refractivity contribution is -0.171. The summed E-state index contributed by atoms with van der Waals surface area (Å²) in [5.41, 5.74) is 0.647. The van der Waals surface area contributed by atoms with Crippen molar-refractivity contribution in [3.63, 3.8) is 0 Å². The van der Waals surface area contributed by atoms with E-state index >= 15 is 0 Å². The van der Waals surface area contributed by atoms with Gasteiger partial charge in [0.1, 0.15) is 0 Å². The highest BCUT2D eigenvalue weighted by Gasteiger charge is 2.66. The first-order valence-corrected chi connectivity index (χ1v) is 9.93. The standard InChI is InChI=1S/C19H33N3O2.HI/c1-20-17(21-13-18(10-11-23)6-2-3-7-18)22-15-14-5-12-24-16(14)19(15)8-4-9-19;/h14-16,23H,2-13H2,1H3,(H2,20,21,22);1H. The molecule has 1 aliphatic heterocycles. The van der Waals surface area contributed by atoms with Crippen LogP contribution in [0.5, 0.6) is 0 Å². The van der Waals surface area contributed by atoms with E-state index in [0.717, 1.165) is 25.5 Å². The van der Waals surface area contributed by atoms with Crippen molar-refractivity contribution in [2.45, 2.75) is 69.9 Å². The van der Waals surface area contributed by atoms with Gasteiger partial charge in [0.2, 0.25) is 0 Å². The van der Waals surface area contributed by atoms with Gasteiger partial charge in [-0.1, -0.05) is 19.3 Å². The largest absolute Gasteiger partial charge is 0.396 e. The van der Waals surface area contributed by atoms with Crippen molar-refractivity contribution >= 4 is 29.9 Å². The maximum absolute atomic E-state index is 9.43. The highest BCUT2D eigenvalue weighted by atomic mass is 127. The summed E-state index contributed by atoms with van der Waals surface area (Å²) in [6.45, 7) is 2.15. The zero-order valence-electron chi connectivity index (χ0n) is 15.4. The highest BCUT2D eigenvalue weighted by molar-refractivity contribution is 14.0. The van der Waals surface area contributed by atoms with Gasteiger partial charge in [0.15, 0.2) is 5.96 Å². The SMILES string of the molecule is CN=C(NCC1(CCO)CCCC1)NC1C2CCOC2C12CCC2.I. The van der Waals surface area contributed by atoms with E-state index in [-0.39, 0.29) is 29.4 Å². The second-order valence-electron chi connectivity index (χ2n) is 8.56. The number of aliphatic imine (C=N–C) groups is 1. The maximum Gasteiger partial charge on any atom is 0.191 e. The van der Waals surface area contributed by atoms with Crippen molar-refractivity contribution in [3.8, 4) is 0 Å². The molecule has 6 heteroatoms. The second kappa shape index (κ2) is 7.89. The molecule has 25 heavy (non-hydrogen) atoms. The van der Waals surface area contributed by atoms with Gasteiger partial charge in [-0.2, -0.15) is 0 Å². The lowest BCUT2D eigenvalue weighted by Crippen LogP contribution is -2.72. The number of hydrogen-bond acceptors (Lipinski definition) is 3. The van der Waals surface area contributed by atoms with E-state index in [1.807, 2.05) is 7.05 Å². The molecular weight excluding hydrogens is 429 g/mol. The van der Waals surface area contributed by atoms with E-state index in [1.54, 1.807) is 0 Å². The van der Waals surface area contributed by atoms with Crippen LogP contribution in [0.15, 0.2) is 4.99 Å². The molecule has 0 bridgehead atoms. The smallest absolute Gasteiger partial charge is 0.191 e. The predicted octanol–water partition coefficient (Wildman–Crippen LogP) is 2.67. The van der Waals surface area contributed by atoms with Gasteiger partial charge >= 0.3 is 0 Å². The fourth-order valence-corrected chi connectivity index (χ4v) is 5.95. The minimum absolute atomic E-state index is 0. The van der Waals surface area contributed by atoms with Gasteiger partial charge in [-0.3, -0.25) is 4.99 Å². The topological polar surface area (TPSA) is 65.9 Å². The van der Waals surface area contributed by atoms with Gasteiger partial charge in [0.25, 0.3) is 0 Å². The molecule has 3 aliphatic carbocycles.